The number of hydrogen-bond donors (Lipinski definition) is 1. The van der Waals surface area contributed by atoms with E-state index in [4.69, 9.17) is 9.72 Å². The fourth-order valence-corrected chi connectivity index (χ4v) is 8.09. The zero-order valence-corrected chi connectivity index (χ0v) is 24.0. The van der Waals surface area contributed by atoms with Crippen molar-refractivity contribution in [3.63, 3.8) is 0 Å². The highest BCUT2D eigenvalue weighted by atomic mass is 32.2. The number of pyridine rings is 1. The molecule has 4 heterocycles. The molecule has 0 spiro atoms. The number of hydrogen-bond acceptors (Lipinski definition) is 9. The average molecular weight is 596 g/mol. The van der Waals surface area contributed by atoms with Crippen LogP contribution in [0.1, 0.15) is 37.3 Å². The SMILES string of the molecule is N#CC1(NC(=O)C2CCCCC2c2nc(-c3ccc(F)cn3)sc2-c2ccc(N3CCS(=O)(=O)CC3)cc2)COC1. The van der Waals surface area contributed by atoms with E-state index in [0.717, 1.165) is 41.1 Å². The van der Waals surface area contributed by atoms with Crippen molar-refractivity contribution in [2.45, 2.75) is 37.1 Å². The van der Waals surface area contributed by atoms with Crippen LogP contribution in [0.3, 0.4) is 0 Å². The van der Waals surface area contributed by atoms with Gasteiger partial charge in [0.25, 0.3) is 0 Å². The third-order valence-corrected chi connectivity index (χ3v) is 10.9. The van der Waals surface area contributed by atoms with Crippen molar-refractivity contribution < 1.29 is 22.3 Å². The van der Waals surface area contributed by atoms with Crippen LogP contribution in [-0.2, 0) is 19.4 Å². The standard InChI is InChI=1S/C29H30FN5O4S2/c30-20-7-10-24(32-15-20)28-33-25(22-3-1-2-4-23(22)27(36)34-29(16-31)17-39-18-29)26(40-28)19-5-8-21(9-6-19)35-11-13-41(37,38)14-12-35/h5-10,15,22-23H,1-4,11-14,17-18H2,(H,34,36). The van der Waals surface area contributed by atoms with E-state index in [0.29, 0.717) is 30.2 Å². The van der Waals surface area contributed by atoms with Crippen molar-refractivity contribution in [3.8, 4) is 27.2 Å². The molecule has 1 aliphatic carbocycles. The molecule has 214 valence electrons. The van der Waals surface area contributed by atoms with Gasteiger partial charge in [0.2, 0.25) is 5.91 Å². The Morgan fingerprint density at radius 2 is 1.85 bits per heavy atom. The normalized spacial score (nSPS) is 23.3. The van der Waals surface area contributed by atoms with E-state index < -0.39 is 21.2 Å². The molecule has 1 aromatic carbocycles. The number of nitrogens with zero attached hydrogens (tertiary/aromatic N) is 4. The van der Waals surface area contributed by atoms with Crippen LogP contribution in [0, 0.1) is 23.1 Å². The summed E-state index contributed by atoms with van der Waals surface area (Å²) in [5.74, 6) is -0.803. The lowest BCUT2D eigenvalue weighted by atomic mass is 9.76. The van der Waals surface area contributed by atoms with E-state index in [-0.39, 0.29) is 42.5 Å². The maximum Gasteiger partial charge on any atom is 0.225 e. The quantitative estimate of drug-likeness (QED) is 0.455. The minimum atomic E-state index is -2.98. The predicted octanol–water partition coefficient (Wildman–Crippen LogP) is 3.93. The van der Waals surface area contributed by atoms with Crippen LogP contribution in [0.2, 0.25) is 0 Å². The number of aromatic nitrogens is 2. The molecule has 9 nitrogen and oxygen atoms in total. The molecule has 0 radical (unpaired) electrons. The van der Waals surface area contributed by atoms with Gasteiger partial charge in [0.05, 0.1) is 53.3 Å². The fraction of sp³-hybridized carbons (Fsp3) is 0.448. The lowest BCUT2D eigenvalue weighted by Crippen LogP contribution is -2.62. The van der Waals surface area contributed by atoms with Crippen LogP contribution in [0.5, 0.6) is 0 Å². The van der Waals surface area contributed by atoms with Gasteiger partial charge in [-0.3, -0.25) is 9.78 Å². The number of anilines is 1. The van der Waals surface area contributed by atoms with Crippen molar-refractivity contribution in [1.82, 2.24) is 15.3 Å². The number of halogens is 1. The van der Waals surface area contributed by atoms with Gasteiger partial charge in [-0.1, -0.05) is 25.0 Å². The van der Waals surface area contributed by atoms with E-state index in [2.05, 4.69) is 21.3 Å². The van der Waals surface area contributed by atoms with Crippen LogP contribution < -0.4 is 10.2 Å². The van der Waals surface area contributed by atoms with Crippen LogP contribution in [0.15, 0.2) is 42.6 Å². The average Bonchev–Trinajstić information content (AvgIpc) is 3.41. The molecule has 0 bridgehead atoms. The maximum absolute atomic E-state index is 13.6. The highest BCUT2D eigenvalue weighted by Crippen LogP contribution is 2.46. The van der Waals surface area contributed by atoms with Crippen LogP contribution in [-0.4, -0.2) is 67.6 Å². The summed E-state index contributed by atoms with van der Waals surface area (Å²) in [5, 5.41) is 13.2. The van der Waals surface area contributed by atoms with Gasteiger partial charge < -0.3 is 15.0 Å². The first-order chi connectivity index (χ1) is 19.8. The number of nitrogens with one attached hydrogen (secondary N) is 1. The summed E-state index contributed by atoms with van der Waals surface area (Å²) < 4.78 is 42.6. The van der Waals surface area contributed by atoms with Gasteiger partial charge in [-0.2, -0.15) is 5.26 Å². The van der Waals surface area contributed by atoms with Crippen molar-refractivity contribution in [3.05, 3.63) is 54.1 Å². The van der Waals surface area contributed by atoms with Crippen molar-refractivity contribution in [1.29, 1.82) is 5.26 Å². The largest absolute Gasteiger partial charge is 0.374 e. The Labute approximate surface area is 242 Å². The third-order valence-electron chi connectivity index (χ3n) is 8.17. The number of ether oxygens (including phenoxy) is 1. The summed E-state index contributed by atoms with van der Waals surface area (Å²) in [6.07, 6.45) is 4.51. The van der Waals surface area contributed by atoms with Crippen molar-refractivity contribution in [2.75, 3.05) is 42.7 Å². The zero-order chi connectivity index (χ0) is 28.6. The zero-order valence-electron chi connectivity index (χ0n) is 22.4. The van der Waals surface area contributed by atoms with Crippen molar-refractivity contribution >= 4 is 32.8 Å². The second-order valence-electron chi connectivity index (χ2n) is 11.0. The van der Waals surface area contributed by atoms with Crippen LogP contribution in [0.4, 0.5) is 10.1 Å². The highest BCUT2D eigenvalue weighted by Gasteiger charge is 2.44. The van der Waals surface area contributed by atoms with E-state index >= 15 is 0 Å². The van der Waals surface area contributed by atoms with Gasteiger partial charge in [-0.05, 0) is 42.7 Å². The van der Waals surface area contributed by atoms with E-state index in [1.165, 1.54) is 23.6 Å². The number of carbonyl (C=O) groups is 1. The number of benzene rings is 1. The summed E-state index contributed by atoms with van der Waals surface area (Å²) in [7, 11) is -2.98. The summed E-state index contributed by atoms with van der Waals surface area (Å²) in [6, 6.07) is 13.2. The maximum atomic E-state index is 13.6. The first-order valence-electron chi connectivity index (χ1n) is 13.8. The molecule has 2 unspecified atom stereocenters. The lowest BCUT2D eigenvalue weighted by molar-refractivity contribution is -0.134. The molecule has 12 heteroatoms. The minimum absolute atomic E-state index is 0.145. The molecule has 3 fully saturated rings. The summed E-state index contributed by atoms with van der Waals surface area (Å²) in [6.45, 7) is 1.29. The molecular formula is C29H30FN5O4S2. The monoisotopic (exact) mass is 595 g/mol. The fourth-order valence-electron chi connectivity index (χ4n) is 5.77. The van der Waals surface area contributed by atoms with E-state index in [1.807, 2.05) is 24.3 Å². The predicted molar refractivity (Wildman–Crippen MR) is 154 cm³/mol. The van der Waals surface area contributed by atoms with Gasteiger partial charge in [0, 0.05) is 30.6 Å². The number of carbonyl (C=O) groups excluding carboxylic acids is 1. The number of thiazole rings is 1. The number of amides is 1. The Morgan fingerprint density at radius 3 is 2.49 bits per heavy atom. The number of sulfone groups is 1. The molecule has 2 saturated heterocycles. The molecule has 41 heavy (non-hydrogen) atoms. The summed E-state index contributed by atoms with van der Waals surface area (Å²) >= 11 is 1.46. The Morgan fingerprint density at radius 1 is 1.12 bits per heavy atom. The third kappa shape index (κ3) is 5.71. The highest BCUT2D eigenvalue weighted by molar-refractivity contribution is 7.91. The molecule has 1 amide bonds. The topological polar surface area (TPSA) is 125 Å². The van der Waals surface area contributed by atoms with Gasteiger partial charge in [-0.25, -0.2) is 17.8 Å². The van der Waals surface area contributed by atoms with Gasteiger partial charge in [-0.15, -0.1) is 11.3 Å². The van der Waals surface area contributed by atoms with Crippen molar-refractivity contribution in [2.24, 2.45) is 5.92 Å². The Kier molecular flexibility index (Phi) is 7.52. The van der Waals surface area contributed by atoms with Crippen LogP contribution in [0.25, 0.3) is 21.1 Å². The number of rotatable bonds is 6. The minimum Gasteiger partial charge on any atom is -0.374 e. The van der Waals surface area contributed by atoms with E-state index in [1.54, 1.807) is 6.07 Å². The molecule has 1 N–H and O–H groups in total. The first kappa shape index (κ1) is 27.8. The van der Waals surface area contributed by atoms with Crippen LogP contribution >= 0.6 is 11.3 Å². The lowest BCUT2D eigenvalue weighted by Gasteiger charge is -2.38. The molecule has 2 aromatic heterocycles. The smallest absolute Gasteiger partial charge is 0.225 e. The first-order valence-corrected chi connectivity index (χ1v) is 16.4. The Balaban J connectivity index is 1.34. The molecule has 3 aliphatic rings. The van der Waals surface area contributed by atoms with E-state index in [9.17, 15) is 22.9 Å². The molecule has 6 rings (SSSR count). The van der Waals surface area contributed by atoms with Gasteiger partial charge >= 0.3 is 0 Å². The van der Waals surface area contributed by atoms with Gasteiger partial charge in [0.15, 0.2) is 15.4 Å². The molecule has 1 saturated carbocycles. The molecule has 2 aliphatic heterocycles. The Hall–Kier alpha value is -3.40. The molecule has 2 atom stereocenters. The second kappa shape index (κ2) is 11.1. The number of nitriles is 1. The van der Waals surface area contributed by atoms with Gasteiger partial charge in [0.1, 0.15) is 10.8 Å². The Bertz CT molecular complexity index is 1570. The second-order valence-corrected chi connectivity index (χ2v) is 14.3. The summed E-state index contributed by atoms with van der Waals surface area (Å²) in [4.78, 5) is 25.8. The summed E-state index contributed by atoms with van der Waals surface area (Å²) in [5.41, 5.74) is 2.28. The molecular weight excluding hydrogens is 565 g/mol. The molecule has 3 aromatic rings.